The number of nitrogens with one attached hydrogen (secondary N) is 1. The van der Waals surface area contributed by atoms with E-state index in [0.717, 1.165) is 0 Å². The maximum absolute atomic E-state index is 3.35. The summed E-state index contributed by atoms with van der Waals surface area (Å²) in [7, 11) is 0. The first-order valence-corrected chi connectivity index (χ1v) is 4.62. The summed E-state index contributed by atoms with van der Waals surface area (Å²) in [5, 5.41) is 3.35. The van der Waals surface area contributed by atoms with E-state index in [4.69, 9.17) is 0 Å². The lowest BCUT2D eigenvalue weighted by Gasteiger charge is -2.20. The minimum Gasteiger partial charge on any atom is -0.374 e. The van der Waals surface area contributed by atoms with E-state index < -0.39 is 0 Å². The van der Waals surface area contributed by atoms with Crippen molar-refractivity contribution in [2.24, 2.45) is 0 Å². The molecule has 0 aromatic rings. The van der Waals surface area contributed by atoms with Crippen LogP contribution in [-0.4, -0.2) is 4.05 Å². The van der Waals surface area contributed by atoms with Crippen molar-refractivity contribution in [3.05, 3.63) is 22.9 Å². The highest BCUT2D eigenvalue weighted by molar-refractivity contribution is 14.1. The third-order valence-corrected chi connectivity index (χ3v) is 2.58. The quantitative estimate of drug-likeness (QED) is 0.395. The summed E-state index contributed by atoms with van der Waals surface area (Å²) < 4.78 is 0.473. The zero-order valence-corrected chi connectivity index (χ0v) is 8.69. The molecule has 0 amide bonds. The summed E-state index contributed by atoms with van der Waals surface area (Å²) in [4.78, 5) is 0. The van der Waals surface area contributed by atoms with Crippen LogP contribution in [0.5, 0.6) is 0 Å². The maximum atomic E-state index is 3.35. The first kappa shape index (κ1) is 8.11. The van der Waals surface area contributed by atoms with Gasteiger partial charge in [0.2, 0.25) is 0 Å². The zero-order valence-electron chi connectivity index (χ0n) is 6.53. The fraction of sp³-hybridized carbons (Fsp3) is 0.500. The highest BCUT2D eigenvalue weighted by Gasteiger charge is 2.09. The second-order valence-electron chi connectivity index (χ2n) is 2.65. The predicted molar refractivity (Wildman–Crippen MR) is 53.1 cm³/mol. The number of hydrogen-bond acceptors (Lipinski definition) is 1. The number of hydrogen-bond donors (Lipinski definition) is 1. The summed E-state index contributed by atoms with van der Waals surface area (Å²) >= 11 is 2.38. The average Bonchev–Trinajstić information content (AvgIpc) is 1.82. The second-order valence-corrected chi connectivity index (χ2v) is 3.99. The fourth-order valence-electron chi connectivity index (χ4n) is 0.997. The third kappa shape index (κ3) is 1.54. The van der Waals surface area contributed by atoms with Crippen molar-refractivity contribution in [2.75, 3.05) is 0 Å². The standard InChI is InChI=1S/C8H12IN/c1-5-4-8(9)10-7(3)6(5)2/h4,8,10H,1-3H3. The predicted octanol–water partition coefficient (Wildman–Crippen LogP) is 2.59. The van der Waals surface area contributed by atoms with Gasteiger partial charge in [0.15, 0.2) is 0 Å². The molecule has 0 aromatic heterocycles. The van der Waals surface area contributed by atoms with Crippen LogP contribution in [0.1, 0.15) is 20.8 Å². The molecule has 10 heavy (non-hydrogen) atoms. The van der Waals surface area contributed by atoms with E-state index in [9.17, 15) is 0 Å². The van der Waals surface area contributed by atoms with E-state index in [2.05, 4.69) is 54.8 Å². The lowest BCUT2D eigenvalue weighted by molar-refractivity contribution is 0.836. The highest BCUT2D eigenvalue weighted by Crippen LogP contribution is 2.20. The number of dihydropyridines is 1. The molecule has 0 fully saturated rings. The Morgan fingerprint density at radius 2 is 2.00 bits per heavy atom. The molecule has 0 aliphatic carbocycles. The van der Waals surface area contributed by atoms with Crippen molar-refractivity contribution >= 4 is 22.6 Å². The van der Waals surface area contributed by atoms with Gasteiger partial charge in [-0.3, -0.25) is 0 Å². The smallest absolute Gasteiger partial charge is 0.0970 e. The molecule has 0 spiro atoms. The Bertz CT molecular complexity index is 203. The van der Waals surface area contributed by atoms with E-state index >= 15 is 0 Å². The number of halogens is 1. The molecular weight excluding hydrogens is 237 g/mol. The van der Waals surface area contributed by atoms with Crippen LogP contribution in [0.4, 0.5) is 0 Å². The van der Waals surface area contributed by atoms with Crippen molar-refractivity contribution < 1.29 is 0 Å². The fourth-order valence-corrected chi connectivity index (χ4v) is 2.00. The molecule has 56 valence electrons. The normalized spacial score (nSPS) is 26.0. The molecular formula is C8H12IN. The van der Waals surface area contributed by atoms with Crippen LogP contribution in [0.3, 0.4) is 0 Å². The molecule has 0 radical (unpaired) electrons. The highest BCUT2D eigenvalue weighted by atomic mass is 127. The van der Waals surface area contributed by atoms with Crippen LogP contribution in [0.2, 0.25) is 0 Å². The largest absolute Gasteiger partial charge is 0.374 e. The van der Waals surface area contributed by atoms with Crippen molar-refractivity contribution in [3.63, 3.8) is 0 Å². The SMILES string of the molecule is CC1=CC(I)NC(C)=C1C. The van der Waals surface area contributed by atoms with E-state index in [1.54, 1.807) is 0 Å². The minimum atomic E-state index is 0.473. The van der Waals surface area contributed by atoms with E-state index in [-0.39, 0.29) is 0 Å². The first-order valence-electron chi connectivity index (χ1n) is 3.38. The molecule has 0 saturated carbocycles. The van der Waals surface area contributed by atoms with Gasteiger partial charge >= 0.3 is 0 Å². The van der Waals surface area contributed by atoms with Crippen LogP contribution >= 0.6 is 22.6 Å². The summed E-state index contributed by atoms with van der Waals surface area (Å²) in [6.45, 7) is 6.43. The van der Waals surface area contributed by atoms with Gasteiger partial charge in [0, 0.05) is 5.70 Å². The summed E-state index contributed by atoms with van der Waals surface area (Å²) in [6.07, 6.45) is 2.24. The molecule has 1 unspecified atom stereocenters. The van der Waals surface area contributed by atoms with E-state index in [0.29, 0.717) is 4.05 Å². The Balaban J connectivity index is 2.90. The van der Waals surface area contributed by atoms with Crippen LogP contribution < -0.4 is 5.32 Å². The average molecular weight is 249 g/mol. The molecule has 1 nitrogen and oxygen atoms in total. The second kappa shape index (κ2) is 2.95. The van der Waals surface area contributed by atoms with Crippen molar-refractivity contribution in [1.82, 2.24) is 5.32 Å². The Hall–Kier alpha value is 0.01000. The Morgan fingerprint density at radius 1 is 1.40 bits per heavy atom. The van der Waals surface area contributed by atoms with Gasteiger partial charge in [-0.1, -0.05) is 22.6 Å². The molecule has 2 heteroatoms. The maximum Gasteiger partial charge on any atom is 0.0970 e. The van der Waals surface area contributed by atoms with E-state index in [1.807, 2.05) is 0 Å². The summed E-state index contributed by atoms with van der Waals surface area (Å²) in [6, 6.07) is 0. The van der Waals surface area contributed by atoms with Crippen LogP contribution in [0, 0.1) is 0 Å². The Morgan fingerprint density at radius 3 is 2.50 bits per heavy atom. The molecule has 1 N–H and O–H groups in total. The summed E-state index contributed by atoms with van der Waals surface area (Å²) in [5.41, 5.74) is 4.09. The van der Waals surface area contributed by atoms with Crippen molar-refractivity contribution in [3.8, 4) is 0 Å². The lowest BCUT2D eigenvalue weighted by atomic mass is 10.1. The number of rotatable bonds is 0. The van der Waals surface area contributed by atoms with E-state index in [1.165, 1.54) is 16.8 Å². The topological polar surface area (TPSA) is 12.0 Å². The molecule has 1 aliphatic rings. The zero-order chi connectivity index (χ0) is 7.72. The van der Waals surface area contributed by atoms with Crippen LogP contribution in [-0.2, 0) is 0 Å². The summed E-state index contributed by atoms with van der Waals surface area (Å²) in [5.74, 6) is 0. The van der Waals surface area contributed by atoms with Gasteiger partial charge in [-0.05, 0) is 38.0 Å². The molecule has 0 saturated heterocycles. The molecule has 0 aromatic carbocycles. The molecule has 1 aliphatic heterocycles. The van der Waals surface area contributed by atoms with Gasteiger partial charge in [0.1, 0.15) is 0 Å². The van der Waals surface area contributed by atoms with Crippen molar-refractivity contribution in [2.45, 2.75) is 24.8 Å². The van der Waals surface area contributed by atoms with Crippen LogP contribution in [0.15, 0.2) is 22.9 Å². The molecule has 0 bridgehead atoms. The minimum absolute atomic E-state index is 0.473. The van der Waals surface area contributed by atoms with Gasteiger partial charge in [-0.15, -0.1) is 0 Å². The molecule has 1 atom stereocenters. The Labute approximate surface area is 75.7 Å². The first-order chi connectivity index (χ1) is 4.61. The van der Waals surface area contributed by atoms with Gasteiger partial charge < -0.3 is 5.32 Å². The van der Waals surface area contributed by atoms with Gasteiger partial charge in [0.25, 0.3) is 0 Å². The number of allylic oxidation sites excluding steroid dienone is 3. The lowest BCUT2D eigenvalue weighted by Crippen LogP contribution is -2.24. The van der Waals surface area contributed by atoms with Gasteiger partial charge in [-0.2, -0.15) is 0 Å². The van der Waals surface area contributed by atoms with Gasteiger partial charge in [-0.25, -0.2) is 0 Å². The molecule has 1 heterocycles. The van der Waals surface area contributed by atoms with Crippen LogP contribution in [0.25, 0.3) is 0 Å². The van der Waals surface area contributed by atoms with Gasteiger partial charge in [0.05, 0.1) is 4.05 Å². The Kier molecular flexibility index (Phi) is 2.39. The van der Waals surface area contributed by atoms with Crippen molar-refractivity contribution in [1.29, 1.82) is 0 Å². The monoisotopic (exact) mass is 249 g/mol. The molecule has 1 rings (SSSR count). The number of alkyl halides is 1. The third-order valence-electron chi connectivity index (χ3n) is 1.90.